The molecule has 2 aromatic heterocycles. The van der Waals surface area contributed by atoms with Gasteiger partial charge in [0.15, 0.2) is 0 Å². The molecule has 4 aromatic rings. The number of hydrogen-bond acceptors (Lipinski definition) is 2. The van der Waals surface area contributed by atoms with Gasteiger partial charge in [-0.15, -0.1) is 0 Å². The summed E-state index contributed by atoms with van der Waals surface area (Å²) in [6, 6.07) is 30.3. The first-order chi connectivity index (χ1) is 13.8. The molecule has 0 aliphatic carbocycles. The van der Waals surface area contributed by atoms with Crippen molar-refractivity contribution in [2.45, 2.75) is 25.7 Å². The Bertz CT molecular complexity index is 1050. The Kier molecular flexibility index (Phi) is 4.46. The molecular weight excluding hydrogens is 340 g/mol. The lowest BCUT2D eigenvalue weighted by Crippen LogP contribution is -2.01. The Morgan fingerprint density at radius 1 is 0.464 bits per heavy atom. The summed E-state index contributed by atoms with van der Waals surface area (Å²) in [5, 5.41) is 0. The van der Waals surface area contributed by atoms with E-state index in [1.165, 1.54) is 22.4 Å². The summed E-state index contributed by atoms with van der Waals surface area (Å²) in [5.74, 6) is 0. The first-order valence-corrected chi connectivity index (χ1v) is 9.94. The van der Waals surface area contributed by atoms with Crippen molar-refractivity contribution in [3.63, 3.8) is 0 Å². The van der Waals surface area contributed by atoms with Crippen LogP contribution < -0.4 is 0 Å². The number of benzene rings is 2. The molecule has 0 atom stereocenters. The van der Waals surface area contributed by atoms with Crippen LogP contribution in [-0.2, 0) is 25.7 Å². The van der Waals surface area contributed by atoms with E-state index in [0.717, 1.165) is 48.3 Å². The Morgan fingerprint density at radius 2 is 1.04 bits per heavy atom. The molecule has 136 valence electrons. The highest BCUT2D eigenvalue weighted by Crippen LogP contribution is 2.27. The highest BCUT2D eigenvalue weighted by atomic mass is 14.7. The molecule has 0 spiro atoms. The summed E-state index contributed by atoms with van der Waals surface area (Å²) in [5.41, 5.74) is 9.46. The van der Waals surface area contributed by atoms with E-state index in [9.17, 15) is 0 Å². The summed E-state index contributed by atoms with van der Waals surface area (Å²) in [4.78, 5) is 9.80. The van der Waals surface area contributed by atoms with Crippen molar-refractivity contribution in [3.8, 4) is 22.4 Å². The van der Waals surface area contributed by atoms with Crippen molar-refractivity contribution in [1.82, 2.24) is 9.97 Å². The Hall–Kier alpha value is -3.26. The maximum atomic E-state index is 4.92. The van der Waals surface area contributed by atoms with Crippen LogP contribution in [0.5, 0.6) is 0 Å². The second-order valence-corrected chi connectivity index (χ2v) is 7.42. The number of aromatic nitrogens is 2. The van der Waals surface area contributed by atoms with Gasteiger partial charge in [-0.1, -0.05) is 54.6 Å². The largest absolute Gasteiger partial charge is 0.258 e. The molecule has 0 saturated carbocycles. The maximum absolute atomic E-state index is 4.92. The Balaban J connectivity index is 1.63. The van der Waals surface area contributed by atoms with Crippen LogP contribution in [-0.4, -0.2) is 9.97 Å². The third-order valence-corrected chi connectivity index (χ3v) is 5.40. The fourth-order valence-electron chi connectivity index (χ4n) is 3.88. The third kappa shape index (κ3) is 3.59. The SMILES string of the molecule is c1cc2cc(c1)-c1cccc(c1)-c1cccc(n1)CCc1cccc(n1)CC2. The van der Waals surface area contributed by atoms with Crippen LogP contribution in [0.25, 0.3) is 22.4 Å². The van der Waals surface area contributed by atoms with Gasteiger partial charge in [0.2, 0.25) is 0 Å². The van der Waals surface area contributed by atoms with Crippen LogP contribution in [0.1, 0.15) is 22.6 Å². The smallest absolute Gasteiger partial charge is 0.0705 e. The van der Waals surface area contributed by atoms with Crippen LogP contribution in [0.2, 0.25) is 0 Å². The van der Waals surface area contributed by atoms with E-state index in [0.29, 0.717) is 0 Å². The van der Waals surface area contributed by atoms with E-state index in [2.05, 4.69) is 84.9 Å². The zero-order valence-corrected chi connectivity index (χ0v) is 15.8. The van der Waals surface area contributed by atoms with Gasteiger partial charge in [-0.05, 0) is 72.7 Å². The Morgan fingerprint density at radius 3 is 1.86 bits per heavy atom. The van der Waals surface area contributed by atoms with Crippen LogP contribution in [0, 0.1) is 0 Å². The topological polar surface area (TPSA) is 25.8 Å². The molecule has 8 bridgehead atoms. The van der Waals surface area contributed by atoms with Gasteiger partial charge in [0, 0.05) is 22.6 Å². The summed E-state index contributed by atoms with van der Waals surface area (Å²) in [7, 11) is 0. The summed E-state index contributed by atoms with van der Waals surface area (Å²) in [6.07, 6.45) is 3.79. The van der Waals surface area contributed by atoms with Gasteiger partial charge in [0.25, 0.3) is 0 Å². The minimum atomic E-state index is 0.906. The quantitative estimate of drug-likeness (QED) is 0.401. The molecule has 2 nitrogen and oxygen atoms in total. The van der Waals surface area contributed by atoms with E-state index in [-0.39, 0.29) is 0 Å². The van der Waals surface area contributed by atoms with Gasteiger partial charge >= 0.3 is 0 Å². The minimum Gasteiger partial charge on any atom is -0.258 e. The number of rotatable bonds is 0. The number of hydrogen-bond donors (Lipinski definition) is 0. The predicted molar refractivity (Wildman–Crippen MR) is 114 cm³/mol. The Labute approximate surface area is 165 Å². The molecule has 2 aromatic carbocycles. The number of pyridine rings is 2. The lowest BCUT2D eigenvalue weighted by molar-refractivity contribution is 0.843. The molecule has 5 rings (SSSR count). The van der Waals surface area contributed by atoms with Crippen molar-refractivity contribution in [2.75, 3.05) is 0 Å². The van der Waals surface area contributed by atoms with Crippen molar-refractivity contribution in [2.24, 2.45) is 0 Å². The minimum absolute atomic E-state index is 0.906. The predicted octanol–water partition coefficient (Wildman–Crippen LogP) is 5.69. The van der Waals surface area contributed by atoms with E-state index in [1.54, 1.807) is 0 Å². The number of aryl methyl sites for hydroxylation is 4. The zero-order chi connectivity index (χ0) is 18.8. The zero-order valence-electron chi connectivity index (χ0n) is 15.8. The molecular formula is C26H22N2. The van der Waals surface area contributed by atoms with E-state index in [1.807, 2.05) is 0 Å². The van der Waals surface area contributed by atoms with Crippen molar-refractivity contribution < 1.29 is 0 Å². The summed E-state index contributed by atoms with van der Waals surface area (Å²) in [6.45, 7) is 0. The monoisotopic (exact) mass is 362 g/mol. The average Bonchev–Trinajstić information content (AvgIpc) is 2.77. The molecule has 0 radical (unpaired) electrons. The molecule has 0 saturated heterocycles. The van der Waals surface area contributed by atoms with Gasteiger partial charge < -0.3 is 0 Å². The molecule has 1 aliphatic heterocycles. The lowest BCUT2D eigenvalue weighted by Gasteiger charge is -2.10. The number of fused-ring (bicyclic) bond motifs is 10. The van der Waals surface area contributed by atoms with Crippen molar-refractivity contribution in [1.29, 1.82) is 0 Å². The van der Waals surface area contributed by atoms with E-state index >= 15 is 0 Å². The molecule has 0 N–H and O–H groups in total. The van der Waals surface area contributed by atoms with Crippen LogP contribution in [0.3, 0.4) is 0 Å². The van der Waals surface area contributed by atoms with Crippen LogP contribution in [0.15, 0.2) is 84.9 Å². The fourth-order valence-corrected chi connectivity index (χ4v) is 3.88. The third-order valence-electron chi connectivity index (χ3n) is 5.40. The van der Waals surface area contributed by atoms with Crippen LogP contribution >= 0.6 is 0 Å². The highest BCUT2D eigenvalue weighted by Gasteiger charge is 2.07. The van der Waals surface area contributed by atoms with Crippen molar-refractivity contribution in [3.05, 3.63) is 108 Å². The molecule has 3 heterocycles. The molecule has 0 unspecified atom stereocenters. The molecule has 28 heavy (non-hydrogen) atoms. The molecule has 2 heteroatoms. The maximum Gasteiger partial charge on any atom is 0.0705 e. The normalized spacial score (nSPS) is 13.1. The molecule has 0 amide bonds. The van der Waals surface area contributed by atoms with Gasteiger partial charge in [0.1, 0.15) is 0 Å². The fraction of sp³-hybridized carbons (Fsp3) is 0.154. The van der Waals surface area contributed by atoms with Gasteiger partial charge in [-0.3, -0.25) is 9.97 Å². The second-order valence-electron chi connectivity index (χ2n) is 7.42. The molecule has 0 fully saturated rings. The van der Waals surface area contributed by atoms with E-state index < -0.39 is 0 Å². The first kappa shape index (κ1) is 16.9. The first-order valence-electron chi connectivity index (χ1n) is 9.94. The lowest BCUT2D eigenvalue weighted by atomic mass is 9.98. The second kappa shape index (κ2) is 7.40. The van der Waals surface area contributed by atoms with Gasteiger partial charge in [-0.2, -0.15) is 0 Å². The van der Waals surface area contributed by atoms with Gasteiger partial charge in [-0.25, -0.2) is 0 Å². The highest BCUT2D eigenvalue weighted by molar-refractivity contribution is 5.71. The number of nitrogens with zero attached hydrogens (tertiary/aromatic N) is 2. The average molecular weight is 362 g/mol. The van der Waals surface area contributed by atoms with Crippen LogP contribution in [0.4, 0.5) is 0 Å². The van der Waals surface area contributed by atoms with Crippen molar-refractivity contribution >= 4 is 0 Å². The van der Waals surface area contributed by atoms with E-state index in [4.69, 9.17) is 9.97 Å². The van der Waals surface area contributed by atoms with Gasteiger partial charge in [0.05, 0.1) is 5.69 Å². The standard InChI is InChI=1S/C26H22N2/c1-5-19-13-14-23-9-3-10-24(27-23)15-16-25-11-4-12-26(28-25)22-8-2-7-21(18-22)20(6-1)17-19/h1-12,17-18H,13-16H2. The summed E-state index contributed by atoms with van der Waals surface area (Å²) >= 11 is 0. The molecule has 1 aliphatic rings. The summed E-state index contributed by atoms with van der Waals surface area (Å²) < 4.78 is 0.